The lowest BCUT2D eigenvalue weighted by Crippen LogP contribution is -2.53. The van der Waals surface area contributed by atoms with Crippen LogP contribution >= 0.6 is 0 Å². The molecule has 0 radical (unpaired) electrons. The van der Waals surface area contributed by atoms with Gasteiger partial charge in [0.15, 0.2) is 11.5 Å². The molecule has 2 aliphatic heterocycles. The number of fused-ring (bicyclic) bond motifs is 1. The minimum atomic E-state index is 0.335. The van der Waals surface area contributed by atoms with Crippen LogP contribution in [0, 0.1) is 0 Å². The van der Waals surface area contributed by atoms with Gasteiger partial charge in [0.05, 0.1) is 0 Å². The standard InChI is InChI=1S/C13H19N3O2/c14-6-11-8-16(4-3-15-11)7-10-1-2-12-13(5-10)18-9-17-12/h1-2,5,11,15H,3-4,6-9,14H2. The van der Waals surface area contributed by atoms with Crippen molar-refractivity contribution in [2.24, 2.45) is 5.73 Å². The molecule has 1 aromatic carbocycles. The molecule has 3 rings (SSSR count). The molecule has 1 saturated heterocycles. The number of hydrogen-bond donors (Lipinski definition) is 2. The fraction of sp³-hybridized carbons (Fsp3) is 0.538. The average molecular weight is 249 g/mol. The molecule has 0 bridgehead atoms. The highest BCUT2D eigenvalue weighted by Crippen LogP contribution is 2.32. The maximum Gasteiger partial charge on any atom is 0.231 e. The maximum absolute atomic E-state index is 5.71. The summed E-state index contributed by atoms with van der Waals surface area (Å²) in [5.41, 5.74) is 6.97. The molecular formula is C13H19N3O2. The van der Waals surface area contributed by atoms with Crippen LogP contribution in [0.4, 0.5) is 0 Å². The van der Waals surface area contributed by atoms with E-state index in [4.69, 9.17) is 15.2 Å². The quantitative estimate of drug-likeness (QED) is 0.798. The third-order valence-corrected chi connectivity index (χ3v) is 3.47. The third-order valence-electron chi connectivity index (χ3n) is 3.47. The van der Waals surface area contributed by atoms with Gasteiger partial charge in [0.25, 0.3) is 0 Å². The SMILES string of the molecule is NCC1CN(Cc2ccc3c(c2)OCO3)CCN1. The van der Waals surface area contributed by atoms with Crippen LogP contribution in [-0.4, -0.2) is 43.9 Å². The fourth-order valence-corrected chi connectivity index (χ4v) is 2.49. The minimum Gasteiger partial charge on any atom is -0.454 e. The largest absolute Gasteiger partial charge is 0.454 e. The average Bonchev–Trinajstić information content (AvgIpc) is 2.86. The smallest absolute Gasteiger partial charge is 0.231 e. The van der Waals surface area contributed by atoms with E-state index in [9.17, 15) is 0 Å². The van der Waals surface area contributed by atoms with Crippen LogP contribution in [0.2, 0.25) is 0 Å². The van der Waals surface area contributed by atoms with Crippen molar-refractivity contribution in [2.45, 2.75) is 12.6 Å². The lowest BCUT2D eigenvalue weighted by Gasteiger charge is -2.33. The molecule has 2 aliphatic rings. The predicted molar refractivity (Wildman–Crippen MR) is 68.7 cm³/mol. The second-order valence-electron chi connectivity index (χ2n) is 4.81. The van der Waals surface area contributed by atoms with Gasteiger partial charge in [-0.05, 0) is 17.7 Å². The molecule has 0 amide bonds. The number of nitrogens with one attached hydrogen (secondary N) is 1. The Bertz CT molecular complexity index is 425. The highest BCUT2D eigenvalue weighted by atomic mass is 16.7. The molecule has 2 heterocycles. The Morgan fingerprint density at radius 2 is 2.22 bits per heavy atom. The van der Waals surface area contributed by atoms with Crippen LogP contribution in [0.15, 0.2) is 18.2 Å². The van der Waals surface area contributed by atoms with Gasteiger partial charge >= 0.3 is 0 Å². The van der Waals surface area contributed by atoms with Gasteiger partial charge in [-0.15, -0.1) is 0 Å². The predicted octanol–water partition coefficient (Wildman–Crippen LogP) is 0.148. The van der Waals surface area contributed by atoms with E-state index >= 15 is 0 Å². The summed E-state index contributed by atoms with van der Waals surface area (Å²) in [5.74, 6) is 1.71. The van der Waals surface area contributed by atoms with E-state index in [2.05, 4.69) is 22.3 Å². The Morgan fingerprint density at radius 1 is 1.33 bits per heavy atom. The Hall–Kier alpha value is -1.30. The monoisotopic (exact) mass is 249 g/mol. The highest BCUT2D eigenvalue weighted by molar-refractivity contribution is 5.44. The highest BCUT2D eigenvalue weighted by Gasteiger charge is 2.19. The molecule has 98 valence electrons. The fourth-order valence-electron chi connectivity index (χ4n) is 2.49. The first-order valence-electron chi connectivity index (χ1n) is 6.39. The molecule has 0 aromatic heterocycles. The number of nitrogens with two attached hydrogens (primary N) is 1. The van der Waals surface area contributed by atoms with Gasteiger partial charge in [-0.1, -0.05) is 6.07 Å². The van der Waals surface area contributed by atoms with Gasteiger partial charge < -0.3 is 20.5 Å². The normalized spacial score (nSPS) is 23.3. The first-order chi connectivity index (χ1) is 8.85. The van der Waals surface area contributed by atoms with Gasteiger partial charge in [-0.3, -0.25) is 4.90 Å². The van der Waals surface area contributed by atoms with E-state index in [-0.39, 0.29) is 0 Å². The molecule has 5 heteroatoms. The number of hydrogen-bond acceptors (Lipinski definition) is 5. The molecule has 1 unspecified atom stereocenters. The second kappa shape index (κ2) is 5.14. The van der Waals surface area contributed by atoms with Crippen molar-refractivity contribution in [2.75, 3.05) is 33.0 Å². The topological polar surface area (TPSA) is 59.8 Å². The van der Waals surface area contributed by atoms with E-state index in [1.54, 1.807) is 0 Å². The van der Waals surface area contributed by atoms with E-state index in [0.717, 1.165) is 37.7 Å². The molecule has 0 saturated carbocycles. The van der Waals surface area contributed by atoms with Crippen LogP contribution in [0.25, 0.3) is 0 Å². The van der Waals surface area contributed by atoms with E-state index in [0.29, 0.717) is 19.4 Å². The molecule has 0 aliphatic carbocycles. The van der Waals surface area contributed by atoms with Crippen LogP contribution in [0.5, 0.6) is 11.5 Å². The summed E-state index contributed by atoms with van der Waals surface area (Å²) in [6, 6.07) is 6.57. The number of benzene rings is 1. The lowest BCUT2D eigenvalue weighted by molar-refractivity contribution is 0.173. The molecule has 1 aromatic rings. The summed E-state index contributed by atoms with van der Waals surface area (Å²) in [7, 11) is 0. The zero-order chi connectivity index (χ0) is 12.4. The molecule has 0 spiro atoms. The minimum absolute atomic E-state index is 0.335. The lowest BCUT2D eigenvalue weighted by atomic mass is 10.1. The summed E-state index contributed by atoms with van der Waals surface area (Å²) < 4.78 is 10.7. The van der Waals surface area contributed by atoms with Gasteiger partial charge in [0.2, 0.25) is 6.79 Å². The van der Waals surface area contributed by atoms with Crippen molar-refractivity contribution in [3.8, 4) is 11.5 Å². The molecule has 3 N–H and O–H groups in total. The van der Waals surface area contributed by atoms with Crippen molar-refractivity contribution in [3.63, 3.8) is 0 Å². The summed E-state index contributed by atoms with van der Waals surface area (Å²) in [5, 5.41) is 3.41. The van der Waals surface area contributed by atoms with Crippen molar-refractivity contribution in [1.82, 2.24) is 10.2 Å². The Morgan fingerprint density at radius 3 is 3.11 bits per heavy atom. The number of rotatable bonds is 3. The van der Waals surface area contributed by atoms with Gasteiger partial charge in [0.1, 0.15) is 0 Å². The van der Waals surface area contributed by atoms with E-state index in [1.807, 2.05) is 6.07 Å². The summed E-state index contributed by atoms with van der Waals surface area (Å²) in [6.07, 6.45) is 0. The first-order valence-corrected chi connectivity index (χ1v) is 6.39. The molecule has 5 nitrogen and oxygen atoms in total. The Labute approximate surface area is 107 Å². The van der Waals surface area contributed by atoms with E-state index < -0.39 is 0 Å². The van der Waals surface area contributed by atoms with Gasteiger partial charge in [-0.25, -0.2) is 0 Å². The van der Waals surface area contributed by atoms with Crippen molar-refractivity contribution < 1.29 is 9.47 Å². The summed E-state index contributed by atoms with van der Waals surface area (Å²) in [6.45, 7) is 5.04. The van der Waals surface area contributed by atoms with Crippen LogP contribution in [-0.2, 0) is 6.54 Å². The first kappa shape index (κ1) is 11.8. The molecule has 1 fully saturated rings. The zero-order valence-corrected chi connectivity index (χ0v) is 10.4. The van der Waals surface area contributed by atoms with Crippen LogP contribution in [0.3, 0.4) is 0 Å². The number of nitrogens with zero attached hydrogens (tertiary/aromatic N) is 1. The Balaban J connectivity index is 1.65. The van der Waals surface area contributed by atoms with E-state index in [1.165, 1.54) is 5.56 Å². The Kier molecular flexibility index (Phi) is 3.36. The molecule has 18 heavy (non-hydrogen) atoms. The van der Waals surface area contributed by atoms with Crippen molar-refractivity contribution in [1.29, 1.82) is 0 Å². The molecule has 1 atom stereocenters. The third kappa shape index (κ3) is 2.43. The maximum atomic E-state index is 5.71. The molecular weight excluding hydrogens is 230 g/mol. The van der Waals surface area contributed by atoms with Gasteiger partial charge in [0, 0.05) is 38.8 Å². The van der Waals surface area contributed by atoms with Crippen LogP contribution in [0.1, 0.15) is 5.56 Å². The van der Waals surface area contributed by atoms with Gasteiger partial charge in [-0.2, -0.15) is 0 Å². The number of ether oxygens (including phenoxy) is 2. The van der Waals surface area contributed by atoms with Crippen LogP contribution < -0.4 is 20.5 Å². The number of piperazine rings is 1. The zero-order valence-electron chi connectivity index (χ0n) is 10.4. The van der Waals surface area contributed by atoms with Crippen molar-refractivity contribution >= 4 is 0 Å². The summed E-state index contributed by atoms with van der Waals surface area (Å²) >= 11 is 0. The van der Waals surface area contributed by atoms with Crippen molar-refractivity contribution in [3.05, 3.63) is 23.8 Å². The summed E-state index contributed by atoms with van der Waals surface area (Å²) in [4.78, 5) is 2.42. The second-order valence-corrected chi connectivity index (χ2v) is 4.81.